The van der Waals surface area contributed by atoms with Gasteiger partial charge in [0.05, 0.1) is 0 Å². The smallest absolute Gasteiger partial charge is 0.202 e. The van der Waals surface area contributed by atoms with Gasteiger partial charge in [0, 0.05) is 13.1 Å². The first kappa shape index (κ1) is 14.9. The molecule has 0 atom stereocenters. The fourth-order valence-corrected chi connectivity index (χ4v) is 2.24. The van der Waals surface area contributed by atoms with Crippen molar-refractivity contribution < 1.29 is 8.42 Å². The lowest BCUT2D eigenvalue weighted by Gasteiger charge is -2.14. The molecule has 0 unspecified atom stereocenters. The second kappa shape index (κ2) is 7.19. The third-order valence-electron chi connectivity index (χ3n) is 2.40. The van der Waals surface area contributed by atoms with Gasteiger partial charge >= 0.3 is 0 Å². The lowest BCUT2D eigenvalue weighted by molar-refractivity contribution is 0.473. The Bertz CT molecular complexity index is 246. The molecule has 4 nitrogen and oxygen atoms in total. The lowest BCUT2D eigenvalue weighted by atomic mass is 10.0. The average molecular weight is 236 g/mol. The molecule has 0 rings (SSSR count). The summed E-state index contributed by atoms with van der Waals surface area (Å²) in [5.41, 5.74) is 0. The van der Waals surface area contributed by atoms with Crippen molar-refractivity contribution in [2.24, 2.45) is 11.8 Å². The molecular formula is C10H24N2O2S. The molecule has 0 aromatic heterocycles. The predicted octanol–water partition coefficient (Wildman–Crippen LogP) is 1.50. The number of hydrogen-bond donors (Lipinski definition) is 2. The zero-order valence-electron chi connectivity index (χ0n) is 10.2. The van der Waals surface area contributed by atoms with Gasteiger partial charge in [-0.25, -0.2) is 9.44 Å². The molecule has 0 aliphatic rings. The molecule has 92 valence electrons. The van der Waals surface area contributed by atoms with Gasteiger partial charge in [0.1, 0.15) is 0 Å². The molecule has 0 bridgehead atoms. The Labute approximate surface area is 94.0 Å². The highest BCUT2D eigenvalue weighted by atomic mass is 32.2. The van der Waals surface area contributed by atoms with Crippen molar-refractivity contribution in [3.63, 3.8) is 0 Å². The molecule has 5 heteroatoms. The van der Waals surface area contributed by atoms with E-state index in [-0.39, 0.29) is 0 Å². The van der Waals surface area contributed by atoms with Gasteiger partial charge in [0.25, 0.3) is 10.2 Å². The van der Waals surface area contributed by atoms with Crippen LogP contribution in [0.4, 0.5) is 0 Å². The van der Waals surface area contributed by atoms with E-state index < -0.39 is 10.2 Å². The molecule has 0 saturated carbocycles. The Balaban J connectivity index is 3.93. The van der Waals surface area contributed by atoms with Crippen LogP contribution in [0.2, 0.25) is 0 Å². The number of rotatable bonds is 8. The van der Waals surface area contributed by atoms with Crippen LogP contribution in [0.3, 0.4) is 0 Å². The first-order chi connectivity index (χ1) is 6.91. The molecule has 0 saturated heterocycles. The second-order valence-corrected chi connectivity index (χ2v) is 5.86. The predicted molar refractivity (Wildman–Crippen MR) is 63.8 cm³/mol. The molecule has 0 aromatic rings. The van der Waals surface area contributed by atoms with Crippen molar-refractivity contribution in [3.8, 4) is 0 Å². The van der Waals surface area contributed by atoms with Gasteiger partial charge in [-0.2, -0.15) is 8.42 Å². The van der Waals surface area contributed by atoms with Crippen molar-refractivity contribution in [1.29, 1.82) is 0 Å². The minimum absolute atomic E-state index is 0.328. The van der Waals surface area contributed by atoms with Crippen molar-refractivity contribution in [2.45, 2.75) is 40.5 Å². The van der Waals surface area contributed by atoms with Crippen LogP contribution in [-0.2, 0) is 10.2 Å². The summed E-state index contributed by atoms with van der Waals surface area (Å²) in [5, 5.41) is 0. The summed E-state index contributed by atoms with van der Waals surface area (Å²) in [6.45, 7) is 9.11. The number of nitrogens with one attached hydrogen (secondary N) is 2. The van der Waals surface area contributed by atoms with E-state index in [1.54, 1.807) is 0 Å². The minimum Gasteiger partial charge on any atom is -0.202 e. The van der Waals surface area contributed by atoms with Crippen molar-refractivity contribution in [3.05, 3.63) is 0 Å². The van der Waals surface area contributed by atoms with Gasteiger partial charge in [-0.15, -0.1) is 0 Å². The summed E-state index contributed by atoms with van der Waals surface area (Å²) in [6.07, 6.45) is 2.01. The van der Waals surface area contributed by atoms with E-state index in [0.29, 0.717) is 24.9 Å². The topological polar surface area (TPSA) is 58.2 Å². The van der Waals surface area contributed by atoms with Crippen LogP contribution in [0.5, 0.6) is 0 Å². The van der Waals surface area contributed by atoms with E-state index in [0.717, 1.165) is 12.8 Å². The van der Waals surface area contributed by atoms with Crippen LogP contribution in [0.1, 0.15) is 40.5 Å². The maximum Gasteiger partial charge on any atom is 0.276 e. The van der Waals surface area contributed by atoms with Crippen LogP contribution in [0, 0.1) is 11.8 Å². The lowest BCUT2D eigenvalue weighted by Crippen LogP contribution is -2.40. The van der Waals surface area contributed by atoms with Crippen LogP contribution >= 0.6 is 0 Å². The fourth-order valence-electron chi connectivity index (χ4n) is 1.13. The van der Waals surface area contributed by atoms with Crippen molar-refractivity contribution in [2.75, 3.05) is 13.1 Å². The molecule has 0 aliphatic heterocycles. The third kappa shape index (κ3) is 7.76. The Morgan fingerprint density at radius 3 is 1.87 bits per heavy atom. The molecular weight excluding hydrogens is 212 g/mol. The van der Waals surface area contributed by atoms with E-state index in [2.05, 4.69) is 23.3 Å². The van der Waals surface area contributed by atoms with Crippen LogP contribution in [0.25, 0.3) is 0 Å². The Hall–Kier alpha value is -0.130. The van der Waals surface area contributed by atoms with E-state index in [1.807, 2.05) is 13.8 Å². The fraction of sp³-hybridized carbons (Fsp3) is 1.00. The summed E-state index contributed by atoms with van der Waals surface area (Å²) in [4.78, 5) is 0. The molecule has 0 amide bonds. The molecule has 0 fully saturated rings. The summed E-state index contributed by atoms with van der Waals surface area (Å²) in [7, 11) is -3.29. The van der Waals surface area contributed by atoms with Crippen LogP contribution in [-0.4, -0.2) is 21.5 Å². The summed E-state index contributed by atoms with van der Waals surface area (Å²) >= 11 is 0. The van der Waals surface area contributed by atoms with E-state index in [4.69, 9.17) is 0 Å². The number of hydrogen-bond acceptors (Lipinski definition) is 2. The molecule has 0 radical (unpaired) electrons. The van der Waals surface area contributed by atoms with Crippen LogP contribution in [0.15, 0.2) is 0 Å². The van der Waals surface area contributed by atoms with Gasteiger partial charge < -0.3 is 0 Å². The molecule has 0 spiro atoms. The summed E-state index contributed by atoms with van der Waals surface area (Å²) in [6, 6.07) is 0. The molecule has 15 heavy (non-hydrogen) atoms. The zero-order chi connectivity index (χ0) is 11.9. The molecule has 0 aliphatic carbocycles. The van der Waals surface area contributed by atoms with Gasteiger partial charge in [-0.3, -0.25) is 0 Å². The van der Waals surface area contributed by atoms with Crippen LogP contribution < -0.4 is 9.44 Å². The SMILES string of the molecule is CCC(CC)CNS(=O)(=O)NCC(C)C. The Kier molecular flexibility index (Phi) is 7.13. The van der Waals surface area contributed by atoms with Crippen molar-refractivity contribution in [1.82, 2.24) is 9.44 Å². The largest absolute Gasteiger partial charge is 0.276 e. The second-order valence-electron chi connectivity index (χ2n) is 4.28. The maximum atomic E-state index is 11.4. The highest BCUT2D eigenvalue weighted by Crippen LogP contribution is 2.05. The highest BCUT2D eigenvalue weighted by Gasteiger charge is 2.12. The molecule has 0 heterocycles. The van der Waals surface area contributed by atoms with E-state index in [9.17, 15) is 8.42 Å². The van der Waals surface area contributed by atoms with Gasteiger partial charge in [0.2, 0.25) is 0 Å². The zero-order valence-corrected chi connectivity index (χ0v) is 11.0. The van der Waals surface area contributed by atoms with Crippen molar-refractivity contribution >= 4 is 10.2 Å². The van der Waals surface area contributed by atoms with E-state index in [1.165, 1.54) is 0 Å². The molecule has 0 aromatic carbocycles. The molecule has 2 N–H and O–H groups in total. The standard InChI is InChI=1S/C10H24N2O2S/c1-5-10(6-2)8-12-15(13,14)11-7-9(3)4/h9-12H,5-8H2,1-4H3. The first-order valence-electron chi connectivity index (χ1n) is 5.65. The van der Waals surface area contributed by atoms with Gasteiger partial charge in [0.15, 0.2) is 0 Å². The van der Waals surface area contributed by atoms with Gasteiger partial charge in [-0.1, -0.05) is 40.5 Å². The maximum absolute atomic E-state index is 11.4. The third-order valence-corrected chi connectivity index (χ3v) is 3.49. The monoisotopic (exact) mass is 236 g/mol. The Morgan fingerprint density at radius 1 is 1.00 bits per heavy atom. The minimum atomic E-state index is -3.29. The summed E-state index contributed by atoms with van der Waals surface area (Å²) < 4.78 is 28.0. The average Bonchev–Trinajstić information content (AvgIpc) is 2.17. The summed E-state index contributed by atoms with van der Waals surface area (Å²) in [5.74, 6) is 0.760. The van der Waals surface area contributed by atoms with E-state index >= 15 is 0 Å². The Morgan fingerprint density at radius 2 is 1.47 bits per heavy atom. The normalized spacial score (nSPS) is 12.7. The quantitative estimate of drug-likeness (QED) is 0.671. The van der Waals surface area contributed by atoms with Gasteiger partial charge in [-0.05, 0) is 11.8 Å². The first-order valence-corrected chi connectivity index (χ1v) is 7.13. The highest BCUT2D eigenvalue weighted by molar-refractivity contribution is 7.87.